The molecule has 2 heterocycles. The lowest BCUT2D eigenvalue weighted by Crippen LogP contribution is -2.19. The molecule has 0 aliphatic carbocycles. The quantitative estimate of drug-likeness (QED) is 0.731. The number of hydrogen-bond donors (Lipinski definition) is 0. The van der Waals surface area contributed by atoms with Crippen LogP contribution in [-0.2, 0) is 10.1 Å². The van der Waals surface area contributed by atoms with Crippen molar-refractivity contribution in [1.82, 2.24) is 9.71 Å². The van der Waals surface area contributed by atoms with Gasteiger partial charge in [0.15, 0.2) is 0 Å². The Kier molecular flexibility index (Phi) is 2.72. The van der Waals surface area contributed by atoms with Crippen molar-refractivity contribution in [2.24, 2.45) is 0 Å². The van der Waals surface area contributed by atoms with Crippen LogP contribution in [-0.4, -0.2) is 18.1 Å². The maximum absolute atomic E-state index is 12.1. The maximum atomic E-state index is 12.1. The zero-order chi connectivity index (χ0) is 13.3. The number of hydrogen-bond acceptors (Lipinski definition) is 4. The highest BCUT2D eigenvalue weighted by Crippen LogP contribution is 2.15. The average molecular weight is 274 g/mol. The summed E-state index contributed by atoms with van der Waals surface area (Å²) >= 11 is 0. The molecular formula is C13H10N2O3S. The van der Waals surface area contributed by atoms with E-state index >= 15 is 0 Å². The van der Waals surface area contributed by atoms with Gasteiger partial charge in [-0.3, -0.25) is 9.27 Å². The highest BCUT2D eigenvalue weighted by Gasteiger charge is 2.17. The Morgan fingerprint density at radius 2 is 1.84 bits per heavy atom. The smallest absolute Gasteiger partial charge is 0.284 e. The lowest BCUT2D eigenvalue weighted by molar-refractivity contribution is 0.292. The third kappa shape index (κ3) is 2.17. The fourth-order valence-corrected chi connectivity index (χ4v) is 2.67. The van der Waals surface area contributed by atoms with Gasteiger partial charge in [0.05, 0.1) is 6.20 Å². The van der Waals surface area contributed by atoms with Crippen molar-refractivity contribution in [2.75, 3.05) is 0 Å². The first kappa shape index (κ1) is 11.7. The van der Waals surface area contributed by atoms with E-state index in [0.29, 0.717) is 5.52 Å². The van der Waals surface area contributed by atoms with Gasteiger partial charge in [-0.15, -0.1) is 0 Å². The number of fused-ring (bicyclic) bond motifs is 1. The van der Waals surface area contributed by atoms with Gasteiger partial charge in [-0.2, -0.15) is 13.1 Å². The minimum absolute atomic E-state index is 0.112. The van der Waals surface area contributed by atoms with Crippen LogP contribution < -0.4 is 4.28 Å². The third-order valence-electron chi connectivity index (χ3n) is 2.67. The van der Waals surface area contributed by atoms with Crippen LogP contribution in [0.15, 0.2) is 66.0 Å². The second kappa shape index (κ2) is 4.40. The van der Waals surface area contributed by atoms with Gasteiger partial charge < -0.3 is 0 Å². The van der Waals surface area contributed by atoms with Crippen LogP contribution in [0.1, 0.15) is 0 Å². The zero-order valence-electron chi connectivity index (χ0n) is 9.80. The molecule has 19 heavy (non-hydrogen) atoms. The molecule has 0 fully saturated rings. The molecule has 0 saturated heterocycles. The minimum Gasteiger partial charge on any atom is -0.284 e. The molecule has 0 saturated carbocycles. The van der Waals surface area contributed by atoms with Crippen molar-refractivity contribution in [3.63, 3.8) is 0 Å². The van der Waals surface area contributed by atoms with Gasteiger partial charge in [-0.25, -0.2) is 0 Å². The van der Waals surface area contributed by atoms with E-state index in [2.05, 4.69) is 4.98 Å². The molecule has 0 amide bonds. The van der Waals surface area contributed by atoms with Crippen LogP contribution in [0.2, 0.25) is 0 Å². The Balaban J connectivity index is 2.02. The first-order valence-corrected chi connectivity index (χ1v) is 6.99. The Labute approximate surface area is 110 Å². The van der Waals surface area contributed by atoms with Crippen LogP contribution in [0.4, 0.5) is 0 Å². The molecule has 6 heteroatoms. The van der Waals surface area contributed by atoms with E-state index in [0.717, 1.165) is 5.39 Å². The topological polar surface area (TPSA) is 61.2 Å². The normalized spacial score (nSPS) is 11.6. The zero-order valence-corrected chi connectivity index (χ0v) is 10.6. The van der Waals surface area contributed by atoms with Crippen LogP contribution in [0.5, 0.6) is 0 Å². The first-order chi connectivity index (χ1) is 9.17. The summed E-state index contributed by atoms with van der Waals surface area (Å²) in [5.74, 6) is 0. The molecule has 5 nitrogen and oxygen atoms in total. The summed E-state index contributed by atoms with van der Waals surface area (Å²) < 4.78 is 30.4. The summed E-state index contributed by atoms with van der Waals surface area (Å²) in [5.41, 5.74) is 0.599. The van der Waals surface area contributed by atoms with Crippen LogP contribution >= 0.6 is 0 Å². The highest BCUT2D eigenvalue weighted by molar-refractivity contribution is 7.87. The highest BCUT2D eigenvalue weighted by atomic mass is 32.2. The average Bonchev–Trinajstić information content (AvgIpc) is 2.83. The van der Waals surface area contributed by atoms with Crippen LogP contribution in [0, 0.1) is 0 Å². The first-order valence-electron chi connectivity index (χ1n) is 5.58. The SMILES string of the molecule is O=S(=O)(On1ccc2ccncc21)c1ccccc1. The fourth-order valence-electron chi connectivity index (χ4n) is 1.75. The van der Waals surface area contributed by atoms with Gasteiger partial charge in [0.25, 0.3) is 0 Å². The number of aromatic nitrogens is 2. The second-order valence-electron chi connectivity index (χ2n) is 3.92. The molecule has 0 aliphatic rings. The number of pyridine rings is 1. The molecule has 0 bridgehead atoms. The van der Waals surface area contributed by atoms with Gasteiger partial charge in [0.1, 0.15) is 10.4 Å². The van der Waals surface area contributed by atoms with E-state index in [9.17, 15) is 8.42 Å². The largest absolute Gasteiger partial charge is 0.357 e. The van der Waals surface area contributed by atoms with E-state index < -0.39 is 10.1 Å². The number of benzene rings is 1. The monoisotopic (exact) mass is 274 g/mol. The molecule has 0 unspecified atom stereocenters. The Hall–Kier alpha value is -2.34. The molecule has 1 aromatic carbocycles. The summed E-state index contributed by atoms with van der Waals surface area (Å²) in [4.78, 5) is 4.06. The lowest BCUT2D eigenvalue weighted by atomic mass is 10.3. The van der Waals surface area contributed by atoms with E-state index in [4.69, 9.17) is 4.28 Å². The fraction of sp³-hybridized carbons (Fsp3) is 0. The predicted molar refractivity (Wildman–Crippen MR) is 69.9 cm³/mol. The molecule has 96 valence electrons. The van der Waals surface area contributed by atoms with Gasteiger partial charge >= 0.3 is 10.1 Å². The van der Waals surface area contributed by atoms with E-state index in [-0.39, 0.29) is 4.90 Å². The second-order valence-corrected chi connectivity index (χ2v) is 5.45. The van der Waals surface area contributed by atoms with Gasteiger partial charge in [0.2, 0.25) is 0 Å². The Morgan fingerprint density at radius 3 is 2.63 bits per heavy atom. The summed E-state index contributed by atoms with van der Waals surface area (Å²) in [5, 5.41) is 0.860. The maximum Gasteiger partial charge on any atom is 0.357 e. The molecule has 0 radical (unpaired) electrons. The predicted octanol–water partition coefficient (Wildman–Crippen LogP) is 1.85. The number of rotatable bonds is 3. The van der Waals surface area contributed by atoms with Crippen molar-refractivity contribution in [1.29, 1.82) is 0 Å². The molecule has 3 aromatic rings. The van der Waals surface area contributed by atoms with Crippen molar-refractivity contribution in [2.45, 2.75) is 4.90 Å². The van der Waals surface area contributed by atoms with Crippen LogP contribution in [0.25, 0.3) is 10.9 Å². The Bertz CT molecular complexity index is 810. The Morgan fingerprint density at radius 1 is 1.05 bits per heavy atom. The van der Waals surface area contributed by atoms with Gasteiger partial charge in [0, 0.05) is 17.8 Å². The summed E-state index contributed by atoms with van der Waals surface area (Å²) in [6, 6.07) is 11.5. The van der Waals surface area contributed by atoms with Crippen molar-refractivity contribution >= 4 is 21.0 Å². The molecule has 0 atom stereocenters. The van der Waals surface area contributed by atoms with Gasteiger partial charge in [-0.05, 0) is 24.3 Å². The van der Waals surface area contributed by atoms with Crippen molar-refractivity contribution in [3.8, 4) is 0 Å². The van der Waals surface area contributed by atoms with Crippen molar-refractivity contribution < 1.29 is 12.7 Å². The molecule has 0 N–H and O–H groups in total. The lowest BCUT2D eigenvalue weighted by Gasteiger charge is -2.07. The molecule has 0 aliphatic heterocycles. The third-order valence-corrected chi connectivity index (χ3v) is 3.88. The molecular weight excluding hydrogens is 264 g/mol. The summed E-state index contributed by atoms with van der Waals surface area (Å²) in [6.45, 7) is 0. The summed E-state index contributed by atoms with van der Waals surface area (Å²) in [7, 11) is -3.84. The van der Waals surface area contributed by atoms with E-state index in [1.165, 1.54) is 16.9 Å². The molecule has 0 spiro atoms. The number of nitrogens with zero attached hydrogens (tertiary/aromatic N) is 2. The van der Waals surface area contributed by atoms with E-state index in [1.807, 2.05) is 0 Å². The van der Waals surface area contributed by atoms with Crippen molar-refractivity contribution in [3.05, 3.63) is 61.1 Å². The van der Waals surface area contributed by atoms with E-state index in [1.54, 1.807) is 48.9 Å². The summed E-state index contributed by atoms with van der Waals surface area (Å²) in [6.07, 6.45) is 4.74. The van der Waals surface area contributed by atoms with Crippen LogP contribution in [0.3, 0.4) is 0 Å². The molecule has 2 aromatic heterocycles. The minimum atomic E-state index is -3.84. The van der Waals surface area contributed by atoms with Gasteiger partial charge in [-0.1, -0.05) is 18.2 Å². The molecule has 3 rings (SSSR count). The standard InChI is InChI=1S/C13H10N2O3S/c16-19(17,12-4-2-1-3-5-12)18-15-9-7-11-6-8-14-10-13(11)15/h1-10H.